The van der Waals surface area contributed by atoms with Gasteiger partial charge in [-0.25, -0.2) is 9.37 Å². The molecule has 0 spiro atoms. The first-order valence-corrected chi connectivity index (χ1v) is 6.85. The average Bonchev–Trinajstić information content (AvgIpc) is 2.76. The molecular weight excluding hydrogens is 353 g/mol. The number of benzene rings is 1. The average molecular weight is 362 g/mol. The molecule has 0 saturated heterocycles. The molecule has 0 N–H and O–H groups in total. The van der Waals surface area contributed by atoms with Gasteiger partial charge in [0.15, 0.2) is 5.89 Å². The fourth-order valence-electron chi connectivity index (χ4n) is 1.56. The van der Waals surface area contributed by atoms with Gasteiger partial charge in [-0.1, -0.05) is 15.9 Å². The van der Waals surface area contributed by atoms with Crippen molar-refractivity contribution in [1.82, 2.24) is 4.98 Å². The minimum absolute atomic E-state index is 0.282. The van der Waals surface area contributed by atoms with Crippen LogP contribution in [-0.2, 0) is 11.8 Å². The Labute approximate surface area is 115 Å². The molecule has 0 bridgehead atoms. The highest BCUT2D eigenvalue weighted by Gasteiger charge is 2.14. The van der Waals surface area contributed by atoms with Crippen molar-refractivity contribution in [2.75, 3.05) is 0 Å². The zero-order chi connectivity index (χ0) is 12.4. The third-order valence-corrected chi connectivity index (χ3v) is 3.53. The molecule has 0 aliphatic carbocycles. The van der Waals surface area contributed by atoms with Crippen molar-refractivity contribution in [1.29, 1.82) is 0 Å². The monoisotopic (exact) mass is 360 g/mol. The molecule has 0 amide bonds. The fourth-order valence-corrected chi connectivity index (χ4v) is 2.68. The Balaban J connectivity index is 2.57. The van der Waals surface area contributed by atoms with E-state index in [0.717, 1.165) is 11.1 Å². The van der Waals surface area contributed by atoms with Crippen molar-refractivity contribution in [3.8, 4) is 11.3 Å². The van der Waals surface area contributed by atoms with Gasteiger partial charge in [-0.15, -0.1) is 0 Å². The highest BCUT2D eigenvalue weighted by molar-refractivity contribution is 9.10. The lowest BCUT2D eigenvalue weighted by molar-refractivity contribution is 0.508. The standard InChI is InChI=1S/C12H9Br2FNO/c1-2-11-16-10(6-17-11)12-7(5-13)3-8(15)4-9(12)14/h3-4,6H,1-2,5H2. The smallest absolute Gasteiger partial charge is 0.194 e. The van der Waals surface area contributed by atoms with Gasteiger partial charge in [-0.2, -0.15) is 0 Å². The number of aromatic nitrogens is 1. The van der Waals surface area contributed by atoms with Gasteiger partial charge in [0.25, 0.3) is 0 Å². The Morgan fingerprint density at radius 3 is 2.76 bits per heavy atom. The summed E-state index contributed by atoms with van der Waals surface area (Å²) in [5, 5.41) is 0.547. The molecule has 0 unspecified atom stereocenters. The van der Waals surface area contributed by atoms with E-state index >= 15 is 0 Å². The van der Waals surface area contributed by atoms with E-state index in [-0.39, 0.29) is 5.82 Å². The van der Waals surface area contributed by atoms with Crippen LogP contribution in [-0.4, -0.2) is 4.98 Å². The lowest BCUT2D eigenvalue weighted by Gasteiger charge is -2.07. The van der Waals surface area contributed by atoms with Crippen molar-refractivity contribution < 1.29 is 8.81 Å². The molecule has 2 nitrogen and oxygen atoms in total. The van der Waals surface area contributed by atoms with E-state index in [4.69, 9.17) is 4.42 Å². The van der Waals surface area contributed by atoms with E-state index in [1.165, 1.54) is 12.1 Å². The first-order chi connectivity index (χ1) is 8.15. The van der Waals surface area contributed by atoms with Gasteiger partial charge in [-0.05, 0) is 40.5 Å². The van der Waals surface area contributed by atoms with Crippen molar-refractivity contribution in [2.24, 2.45) is 0 Å². The molecule has 0 saturated carbocycles. The molecule has 2 aromatic rings. The summed E-state index contributed by atoms with van der Waals surface area (Å²) in [4.78, 5) is 4.30. The summed E-state index contributed by atoms with van der Waals surface area (Å²) in [5.74, 6) is 0.285. The Kier molecular flexibility index (Phi) is 3.99. The molecular formula is C12H9Br2FNO. The zero-order valence-corrected chi connectivity index (χ0v) is 12.0. The van der Waals surface area contributed by atoms with Crippen LogP contribution in [0.15, 0.2) is 27.3 Å². The molecule has 17 heavy (non-hydrogen) atoms. The van der Waals surface area contributed by atoms with E-state index in [1.807, 2.05) is 0 Å². The lowest BCUT2D eigenvalue weighted by Crippen LogP contribution is -1.91. The molecule has 1 aromatic heterocycles. The number of alkyl halides is 1. The predicted octanol–water partition coefficient (Wildman–Crippen LogP) is 4.51. The number of halogens is 3. The van der Waals surface area contributed by atoms with Crippen molar-refractivity contribution in [2.45, 2.75) is 11.8 Å². The van der Waals surface area contributed by atoms with E-state index in [9.17, 15) is 4.39 Å². The Hall–Kier alpha value is -0.680. The van der Waals surface area contributed by atoms with Gasteiger partial charge in [0, 0.05) is 21.8 Å². The topological polar surface area (TPSA) is 26.0 Å². The second-order valence-corrected chi connectivity index (χ2v) is 4.85. The second-order valence-electron chi connectivity index (χ2n) is 3.43. The van der Waals surface area contributed by atoms with Gasteiger partial charge >= 0.3 is 0 Å². The highest BCUT2D eigenvalue weighted by atomic mass is 79.9. The molecule has 0 atom stereocenters. The summed E-state index contributed by atoms with van der Waals surface area (Å²) in [7, 11) is 0. The van der Waals surface area contributed by atoms with Crippen LogP contribution in [0, 0.1) is 12.7 Å². The van der Waals surface area contributed by atoms with Crippen LogP contribution in [0.3, 0.4) is 0 Å². The van der Waals surface area contributed by atoms with E-state index in [2.05, 4.69) is 43.8 Å². The Bertz CT molecular complexity index is 539. The van der Waals surface area contributed by atoms with E-state index in [0.29, 0.717) is 27.8 Å². The third kappa shape index (κ3) is 2.60. The largest absolute Gasteiger partial charge is 0.448 e. The zero-order valence-electron chi connectivity index (χ0n) is 8.84. The minimum Gasteiger partial charge on any atom is -0.448 e. The number of nitrogens with zero attached hydrogens (tertiary/aromatic N) is 1. The molecule has 5 heteroatoms. The second kappa shape index (κ2) is 5.31. The lowest BCUT2D eigenvalue weighted by atomic mass is 10.1. The van der Waals surface area contributed by atoms with Gasteiger partial charge in [0.2, 0.25) is 0 Å². The molecule has 1 radical (unpaired) electrons. The molecule has 1 heterocycles. The SMILES string of the molecule is [CH2]Cc1nc(-c2c(Br)cc(F)cc2CBr)co1. The Morgan fingerprint density at radius 1 is 1.41 bits per heavy atom. The Morgan fingerprint density at radius 2 is 2.18 bits per heavy atom. The quantitative estimate of drug-likeness (QED) is 0.751. The maximum absolute atomic E-state index is 13.3. The van der Waals surface area contributed by atoms with Crippen LogP contribution < -0.4 is 0 Å². The molecule has 89 valence electrons. The van der Waals surface area contributed by atoms with E-state index in [1.54, 1.807) is 6.26 Å². The van der Waals surface area contributed by atoms with Gasteiger partial charge < -0.3 is 4.42 Å². The van der Waals surface area contributed by atoms with Gasteiger partial charge in [0.1, 0.15) is 17.8 Å². The van der Waals surface area contributed by atoms with Crippen LogP contribution >= 0.6 is 31.9 Å². The summed E-state index contributed by atoms with van der Waals surface area (Å²) in [6.45, 7) is 3.70. The minimum atomic E-state index is -0.282. The van der Waals surface area contributed by atoms with Crippen LogP contribution in [0.25, 0.3) is 11.3 Å². The van der Waals surface area contributed by atoms with Crippen molar-refractivity contribution in [3.05, 3.63) is 47.1 Å². The van der Waals surface area contributed by atoms with Crippen LogP contribution in [0.4, 0.5) is 4.39 Å². The van der Waals surface area contributed by atoms with Crippen LogP contribution in [0.1, 0.15) is 11.5 Å². The first kappa shape index (κ1) is 12.8. The molecule has 0 aliphatic heterocycles. The van der Waals surface area contributed by atoms with Crippen molar-refractivity contribution >= 4 is 31.9 Å². The first-order valence-electron chi connectivity index (χ1n) is 4.93. The molecule has 0 fully saturated rings. The maximum Gasteiger partial charge on any atom is 0.194 e. The molecule has 1 aromatic carbocycles. The van der Waals surface area contributed by atoms with Gasteiger partial charge in [0.05, 0.1) is 0 Å². The predicted molar refractivity (Wildman–Crippen MR) is 71.3 cm³/mol. The van der Waals surface area contributed by atoms with E-state index < -0.39 is 0 Å². The van der Waals surface area contributed by atoms with Crippen molar-refractivity contribution in [3.63, 3.8) is 0 Å². The number of rotatable bonds is 3. The highest BCUT2D eigenvalue weighted by Crippen LogP contribution is 2.33. The maximum atomic E-state index is 13.3. The summed E-state index contributed by atoms with van der Waals surface area (Å²) < 4.78 is 19.2. The summed E-state index contributed by atoms with van der Waals surface area (Å²) in [6.07, 6.45) is 2.05. The summed E-state index contributed by atoms with van der Waals surface area (Å²) >= 11 is 6.69. The fraction of sp³-hybridized carbons (Fsp3) is 0.167. The normalized spacial score (nSPS) is 10.8. The van der Waals surface area contributed by atoms with Crippen LogP contribution in [0.2, 0.25) is 0 Å². The number of hydrogen-bond donors (Lipinski definition) is 0. The van der Waals surface area contributed by atoms with Gasteiger partial charge in [-0.3, -0.25) is 0 Å². The number of oxazole rings is 1. The molecule has 0 aliphatic rings. The molecule has 2 rings (SSSR count). The summed E-state index contributed by atoms with van der Waals surface area (Å²) in [5.41, 5.74) is 2.34. The van der Waals surface area contributed by atoms with Crippen LogP contribution in [0.5, 0.6) is 0 Å². The number of hydrogen-bond acceptors (Lipinski definition) is 2. The third-order valence-electron chi connectivity index (χ3n) is 2.30. The summed E-state index contributed by atoms with van der Waals surface area (Å²) in [6, 6.07) is 2.90.